The van der Waals surface area contributed by atoms with Crippen molar-refractivity contribution < 1.29 is 23.5 Å². The number of carboxylic acids is 1. The summed E-state index contributed by atoms with van der Waals surface area (Å²) in [6.45, 7) is 2.80. The number of hydrogen-bond acceptors (Lipinski definition) is 6. The first-order chi connectivity index (χ1) is 17.9. The van der Waals surface area contributed by atoms with E-state index in [1.54, 1.807) is 24.3 Å². The normalized spacial score (nSPS) is 13.9. The molecule has 0 spiro atoms. The predicted octanol–water partition coefficient (Wildman–Crippen LogP) is 3.93. The lowest BCUT2D eigenvalue weighted by atomic mass is 9.93. The van der Waals surface area contributed by atoms with Crippen LogP contribution < -0.4 is 20.5 Å². The molecule has 3 aromatic carbocycles. The number of carbonyl (C=O) groups is 1. The molecule has 1 fully saturated rings. The predicted molar refractivity (Wildman–Crippen MR) is 142 cm³/mol. The minimum Gasteiger partial charge on any atom is -0.478 e. The van der Waals surface area contributed by atoms with Crippen molar-refractivity contribution in [1.29, 1.82) is 0 Å². The molecule has 0 radical (unpaired) electrons. The molecule has 0 bridgehead atoms. The number of nitrogens with zero attached hydrogens (tertiary/aromatic N) is 2. The van der Waals surface area contributed by atoms with Crippen LogP contribution in [0.15, 0.2) is 74.3 Å². The Balaban J connectivity index is 1.77. The molecule has 0 amide bonds. The van der Waals surface area contributed by atoms with Crippen molar-refractivity contribution in [3.8, 4) is 11.1 Å². The van der Waals surface area contributed by atoms with Gasteiger partial charge in [0.2, 0.25) is 5.36 Å². The minimum absolute atomic E-state index is 0.0935. The number of anilines is 1. The summed E-state index contributed by atoms with van der Waals surface area (Å²) in [6.07, 6.45) is 0. The molecule has 1 aliphatic rings. The lowest BCUT2D eigenvalue weighted by Crippen LogP contribution is -2.36. The van der Waals surface area contributed by atoms with Crippen molar-refractivity contribution in [2.75, 3.05) is 45.3 Å². The van der Waals surface area contributed by atoms with Crippen molar-refractivity contribution in [2.45, 2.75) is 0 Å². The second-order valence-corrected chi connectivity index (χ2v) is 9.28. The van der Waals surface area contributed by atoms with Crippen LogP contribution in [0.1, 0.15) is 10.4 Å². The van der Waals surface area contributed by atoms with E-state index in [4.69, 9.17) is 13.6 Å². The maximum absolute atomic E-state index is 13.5. The number of ether oxygens (including phenoxy) is 1. The van der Waals surface area contributed by atoms with Crippen LogP contribution in [0.25, 0.3) is 44.0 Å². The Morgan fingerprint density at radius 3 is 2.41 bits per heavy atom. The number of benzene rings is 3. The van der Waals surface area contributed by atoms with E-state index in [0.29, 0.717) is 51.9 Å². The van der Waals surface area contributed by atoms with Gasteiger partial charge in [-0.15, -0.1) is 0 Å². The first-order valence-corrected chi connectivity index (χ1v) is 12.1. The summed E-state index contributed by atoms with van der Waals surface area (Å²) in [4.78, 5) is 27.9. The van der Waals surface area contributed by atoms with E-state index in [2.05, 4.69) is 4.90 Å². The lowest BCUT2D eigenvalue weighted by Gasteiger charge is -2.29. The molecule has 0 saturated carbocycles. The van der Waals surface area contributed by atoms with Crippen LogP contribution in [0.5, 0.6) is 0 Å². The number of hydrogen-bond donors (Lipinski definition) is 1. The molecule has 0 aliphatic carbocycles. The van der Waals surface area contributed by atoms with E-state index < -0.39 is 11.6 Å². The molecule has 1 aliphatic heterocycles. The second kappa shape index (κ2) is 8.90. The fourth-order valence-corrected chi connectivity index (χ4v) is 4.99. The standard InChI is InChI=1S/C29H24N2O6/c1-30(2)17-7-10-22-24(15-17)37-29(34)26-25(19-5-3-4-6-20(19)28(32)33)21-9-8-18(16-23(21)36-27(22)26)31-11-13-35-14-12-31/h3-10,15-16H,11-14H2,1-2H3/p+1. The van der Waals surface area contributed by atoms with Crippen molar-refractivity contribution in [1.82, 2.24) is 4.58 Å². The van der Waals surface area contributed by atoms with E-state index >= 15 is 0 Å². The summed E-state index contributed by atoms with van der Waals surface area (Å²) in [5.41, 5.74) is 2.69. The quantitative estimate of drug-likeness (QED) is 0.175. The molecule has 2 aromatic heterocycles. The highest BCUT2D eigenvalue weighted by Crippen LogP contribution is 2.40. The molecule has 1 saturated heterocycles. The van der Waals surface area contributed by atoms with E-state index in [9.17, 15) is 14.7 Å². The highest BCUT2D eigenvalue weighted by Gasteiger charge is 2.23. The molecule has 37 heavy (non-hydrogen) atoms. The van der Waals surface area contributed by atoms with Crippen LogP contribution in [0, 0.1) is 0 Å². The highest BCUT2D eigenvalue weighted by molar-refractivity contribution is 6.16. The summed E-state index contributed by atoms with van der Waals surface area (Å²) >= 11 is 0. The summed E-state index contributed by atoms with van der Waals surface area (Å²) < 4.78 is 19.7. The van der Waals surface area contributed by atoms with Crippen molar-refractivity contribution in [3.05, 3.63) is 82.0 Å². The van der Waals surface area contributed by atoms with Crippen LogP contribution in [-0.2, 0) is 4.74 Å². The fourth-order valence-electron chi connectivity index (χ4n) is 4.99. The van der Waals surface area contributed by atoms with Gasteiger partial charge in [0, 0.05) is 41.9 Å². The van der Waals surface area contributed by atoms with Crippen LogP contribution in [0.3, 0.4) is 0 Å². The number of fused-ring (bicyclic) bond motifs is 4. The molecular weight excluding hydrogens is 472 g/mol. The maximum Gasteiger partial charge on any atom is 0.348 e. The van der Waals surface area contributed by atoms with Gasteiger partial charge in [0.15, 0.2) is 5.58 Å². The SMILES string of the molecule is C[N+](C)=c1ccc2c(c1)oc(=O)c1c(-c3ccccc3C(=O)O)c3ccc(N4CCOCC4)cc3oc12. The third kappa shape index (κ3) is 3.86. The largest absolute Gasteiger partial charge is 0.478 e. The zero-order valence-corrected chi connectivity index (χ0v) is 20.5. The topological polar surface area (TPSA) is 96.1 Å². The molecule has 0 unspecified atom stereocenters. The number of aromatic carboxylic acids is 1. The van der Waals surface area contributed by atoms with Gasteiger partial charge >= 0.3 is 11.6 Å². The van der Waals surface area contributed by atoms with Crippen LogP contribution >= 0.6 is 0 Å². The molecule has 8 nitrogen and oxygen atoms in total. The van der Waals surface area contributed by atoms with Crippen molar-refractivity contribution in [2.24, 2.45) is 0 Å². The van der Waals surface area contributed by atoms with Gasteiger partial charge in [-0.05, 0) is 29.8 Å². The van der Waals surface area contributed by atoms with Gasteiger partial charge in [0.25, 0.3) is 0 Å². The summed E-state index contributed by atoms with van der Waals surface area (Å²) in [5, 5.41) is 12.3. The zero-order valence-electron chi connectivity index (χ0n) is 20.5. The van der Waals surface area contributed by atoms with Gasteiger partial charge in [0.1, 0.15) is 30.6 Å². The van der Waals surface area contributed by atoms with Crippen molar-refractivity contribution >= 4 is 44.6 Å². The van der Waals surface area contributed by atoms with Crippen molar-refractivity contribution in [3.63, 3.8) is 0 Å². The molecule has 3 heterocycles. The fraction of sp³-hybridized carbons (Fsp3) is 0.207. The Bertz CT molecular complexity index is 1840. The molecule has 0 atom stereocenters. The lowest BCUT2D eigenvalue weighted by molar-refractivity contribution is 0.0697. The van der Waals surface area contributed by atoms with Gasteiger partial charge in [-0.2, -0.15) is 0 Å². The van der Waals surface area contributed by atoms with Crippen LogP contribution in [0.4, 0.5) is 5.69 Å². The van der Waals surface area contributed by atoms with Crippen LogP contribution in [-0.4, -0.2) is 51.5 Å². The van der Waals surface area contributed by atoms with Crippen LogP contribution in [0.2, 0.25) is 0 Å². The third-order valence-corrected chi connectivity index (χ3v) is 6.86. The Kier molecular flexibility index (Phi) is 5.53. The highest BCUT2D eigenvalue weighted by atomic mass is 16.5. The molecular formula is C29H25N2O6+. The minimum atomic E-state index is -1.08. The maximum atomic E-state index is 13.5. The number of rotatable bonds is 3. The smallest absolute Gasteiger partial charge is 0.348 e. The van der Waals surface area contributed by atoms with Gasteiger partial charge < -0.3 is 23.6 Å². The average molecular weight is 498 g/mol. The molecule has 6 rings (SSSR count). The average Bonchev–Trinajstić information content (AvgIpc) is 2.91. The first kappa shape index (κ1) is 23.0. The molecule has 5 aromatic rings. The zero-order chi connectivity index (χ0) is 25.7. The number of carboxylic acid groups (broad SMARTS) is 1. The van der Waals surface area contributed by atoms with Gasteiger partial charge in [-0.25, -0.2) is 14.2 Å². The first-order valence-electron chi connectivity index (χ1n) is 12.1. The second-order valence-electron chi connectivity index (χ2n) is 9.28. The van der Waals surface area contributed by atoms with Gasteiger partial charge in [-0.1, -0.05) is 18.2 Å². The Labute approximate surface area is 211 Å². The van der Waals surface area contributed by atoms with E-state index in [1.807, 2.05) is 49.0 Å². The van der Waals surface area contributed by atoms with E-state index in [0.717, 1.165) is 24.1 Å². The Morgan fingerprint density at radius 2 is 1.65 bits per heavy atom. The summed E-state index contributed by atoms with van der Waals surface area (Å²) in [5.74, 6) is -1.08. The van der Waals surface area contributed by atoms with E-state index in [1.165, 1.54) is 6.07 Å². The van der Waals surface area contributed by atoms with Gasteiger partial charge in [-0.3, -0.25) is 0 Å². The summed E-state index contributed by atoms with van der Waals surface area (Å²) in [6, 6.07) is 18.1. The monoisotopic (exact) mass is 497 g/mol. The molecule has 186 valence electrons. The Hall–Kier alpha value is -4.43. The Morgan fingerprint density at radius 1 is 0.919 bits per heavy atom. The summed E-state index contributed by atoms with van der Waals surface area (Å²) in [7, 11) is 3.82. The van der Waals surface area contributed by atoms with E-state index in [-0.39, 0.29) is 10.9 Å². The number of morpholine rings is 1. The molecule has 8 heteroatoms. The molecule has 1 N–H and O–H groups in total. The third-order valence-electron chi connectivity index (χ3n) is 6.86. The van der Waals surface area contributed by atoms with Gasteiger partial charge in [0.05, 0.1) is 30.2 Å².